The molecule has 1 aliphatic rings. The quantitative estimate of drug-likeness (QED) is 0.920. The molecular formula is C18H21NOS. The fraction of sp³-hybridized carbons (Fsp3) is 0.333. The summed E-state index contributed by atoms with van der Waals surface area (Å²) in [5.74, 6) is 0.956. The van der Waals surface area contributed by atoms with E-state index in [2.05, 4.69) is 60.9 Å². The molecule has 0 saturated heterocycles. The van der Waals surface area contributed by atoms with Gasteiger partial charge in [0.1, 0.15) is 5.75 Å². The van der Waals surface area contributed by atoms with Gasteiger partial charge in [0, 0.05) is 16.2 Å². The predicted octanol–water partition coefficient (Wildman–Crippen LogP) is 4.06. The van der Waals surface area contributed by atoms with Crippen molar-refractivity contribution in [2.75, 3.05) is 14.2 Å². The molecule has 1 aliphatic carbocycles. The van der Waals surface area contributed by atoms with Crippen molar-refractivity contribution in [2.24, 2.45) is 0 Å². The second-order valence-corrected chi connectivity index (χ2v) is 6.65. The van der Waals surface area contributed by atoms with Crippen LogP contribution in [0.15, 0.2) is 53.4 Å². The number of nitrogens with one attached hydrogen (secondary N) is 1. The molecule has 0 aromatic heterocycles. The molecule has 0 aliphatic heterocycles. The SMILES string of the molecule is CNC1c2ccc(OC)cc2CCC1Sc1ccccc1. The largest absolute Gasteiger partial charge is 0.497 e. The zero-order valence-electron chi connectivity index (χ0n) is 12.5. The van der Waals surface area contributed by atoms with Gasteiger partial charge in [-0.3, -0.25) is 0 Å². The molecule has 2 aromatic rings. The highest BCUT2D eigenvalue weighted by molar-refractivity contribution is 8.00. The molecule has 3 heteroatoms. The first kappa shape index (κ1) is 14.5. The Morgan fingerprint density at radius 3 is 2.67 bits per heavy atom. The third kappa shape index (κ3) is 3.09. The predicted molar refractivity (Wildman–Crippen MR) is 89.2 cm³/mol. The molecule has 0 fully saturated rings. The van der Waals surface area contributed by atoms with Gasteiger partial charge in [-0.1, -0.05) is 24.3 Å². The molecule has 0 saturated carbocycles. The number of thioether (sulfide) groups is 1. The summed E-state index contributed by atoms with van der Waals surface area (Å²) in [5.41, 5.74) is 2.83. The van der Waals surface area contributed by atoms with E-state index in [1.807, 2.05) is 11.8 Å². The van der Waals surface area contributed by atoms with Crippen molar-refractivity contribution in [2.45, 2.75) is 29.0 Å². The van der Waals surface area contributed by atoms with Crippen LogP contribution in [0.2, 0.25) is 0 Å². The van der Waals surface area contributed by atoms with Crippen molar-refractivity contribution in [1.82, 2.24) is 5.32 Å². The van der Waals surface area contributed by atoms with Crippen molar-refractivity contribution in [3.8, 4) is 5.75 Å². The number of hydrogen-bond acceptors (Lipinski definition) is 3. The van der Waals surface area contributed by atoms with Crippen LogP contribution in [0.25, 0.3) is 0 Å². The zero-order chi connectivity index (χ0) is 14.7. The average molecular weight is 299 g/mol. The lowest BCUT2D eigenvalue weighted by Gasteiger charge is -2.33. The maximum atomic E-state index is 5.35. The molecule has 3 rings (SSSR count). The highest BCUT2D eigenvalue weighted by Crippen LogP contribution is 2.40. The summed E-state index contributed by atoms with van der Waals surface area (Å²) in [6, 6.07) is 17.5. The van der Waals surface area contributed by atoms with E-state index in [1.54, 1.807) is 7.11 Å². The van der Waals surface area contributed by atoms with E-state index in [-0.39, 0.29) is 0 Å². The zero-order valence-corrected chi connectivity index (χ0v) is 13.3. The number of methoxy groups -OCH3 is 1. The van der Waals surface area contributed by atoms with Gasteiger partial charge in [-0.15, -0.1) is 11.8 Å². The van der Waals surface area contributed by atoms with Crippen LogP contribution < -0.4 is 10.1 Å². The first-order chi connectivity index (χ1) is 10.3. The van der Waals surface area contributed by atoms with Gasteiger partial charge in [0.25, 0.3) is 0 Å². The van der Waals surface area contributed by atoms with Gasteiger partial charge in [-0.2, -0.15) is 0 Å². The average Bonchev–Trinajstić information content (AvgIpc) is 2.55. The highest BCUT2D eigenvalue weighted by atomic mass is 32.2. The van der Waals surface area contributed by atoms with E-state index in [4.69, 9.17) is 4.74 Å². The number of rotatable bonds is 4. The van der Waals surface area contributed by atoms with Crippen molar-refractivity contribution in [1.29, 1.82) is 0 Å². The fourth-order valence-electron chi connectivity index (χ4n) is 3.04. The van der Waals surface area contributed by atoms with Gasteiger partial charge in [-0.05, 0) is 55.3 Å². The molecule has 2 unspecified atom stereocenters. The molecule has 2 atom stereocenters. The number of hydrogen-bond donors (Lipinski definition) is 1. The molecule has 1 N–H and O–H groups in total. The monoisotopic (exact) mass is 299 g/mol. The first-order valence-corrected chi connectivity index (χ1v) is 8.25. The Bertz CT molecular complexity index is 599. The molecule has 2 nitrogen and oxygen atoms in total. The van der Waals surface area contributed by atoms with E-state index in [1.165, 1.54) is 22.4 Å². The second kappa shape index (κ2) is 6.54. The van der Waals surface area contributed by atoms with Gasteiger partial charge in [0.2, 0.25) is 0 Å². The van der Waals surface area contributed by atoms with E-state index in [0.29, 0.717) is 11.3 Å². The van der Waals surface area contributed by atoms with Crippen molar-refractivity contribution in [3.63, 3.8) is 0 Å². The standard InChI is InChI=1S/C18H21NOS/c1-19-18-16-10-9-14(20-2)12-13(16)8-11-17(18)21-15-6-4-3-5-7-15/h3-7,9-10,12,17-19H,8,11H2,1-2H3. The van der Waals surface area contributed by atoms with Gasteiger partial charge in [-0.25, -0.2) is 0 Å². The Morgan fingerprint density at radius 2 is 1.95 bits per heavy atom. The molecule has 0 radical (unpaired) electrons. The van der Waals surface area contributed by atoms with Crippen LogP contribution in [0.5, 0.6) is 5.75 Å². The number of fused-ring (bicyclic) bond motifs is 1. The summed E-state index contributed by atoms with van der Waals surface area (Å²) >= 11 is 1.98. The van der Waals surface area contributed by atoms with Crippen LogP contribution >= 0.6 is 11.8 Å². The Morgan fingerprint density at radius 1 is 1.14 bits per heavy atom. The van der Waals surface area contributed by atoms with E-state index in [9.17, 15) is 0 Å². The summed E-state index contributed by atoms with van der Waals surface area (Å²) in [6.07, 6.45) is 2.31. The summed E-state index contributed by atoms with van der Waals surface area (Å²) in [6.45, 7) is 0. The minimum absolute atomic E-state index is 0.393. The van der Waals surface area contributed by atoms with E-state index in [0.717, 1.165) is 12.2 Å². The van der Waals surface area contributed by atoms with Crippen LogP contribution in [0.4, 0.5) is 0 Å². The smallest absolute Gasteiger partial charge is 0.119 e. The lowest BCUT2D eigenvalue weighted by molar-refractivity contribution is 0.412. The van der Waals surface area contributed by atoms with Gasteiger partial charge in [0.15, 0.2) is 0 Å². The van der Waals surface area contributed by atoms with Crippen LogP contribution in [-0.2, 0) is 6.42 Å². The number of benzene rings is 2. The third-order valence-electron chi connectivity index (χ3n) is 4.10. The van der Waals surface area contributed by atoms with Crippen molar-refractivity contribution >= 4 is 11.8 Å². The molecule has 2 aromatic carbocycles. The van der Waals surface area contributed by atoms with Crippen molar-refractivity contribution in [3.05, 3.63) is 59.7 Å². The number of ether oxygens (including phenoxy) is 1. The molecule has 0 bridgehead atoms. The normalized spacial score (nSPS) is 20.9. The Balaban J connectivity index is 1.84. The molecule has 0 spiro atoms. The van der Waals surface area contributed by atoms with E-state index >= 15 is 0 Å². The Hall–Kier alpha value is -1.45. The van der Waals surface area contributed by atoms with Crippen LogP contribution in [0.1, 0.15) is 23.6 Å². The van der Waals surface area contributed by atoms with Gasteiger partial charge < -0.3 is 10.1 Å². The lowest BCUT2D eigenvalue weighted by atomic mass is 9.87. The van der Waals surface area contributed by atoms with Crippen LogP contribution in [0, 0.1) is 0 Å². The summed E-state index contributed by atoms with van der Waals surface area (Å²) in [4.78, 5) is 1.35. The molecule has 0 amide bonds. The maximum Gasteiger partial charge on any atom is 0.119 e. The topological polar surface area (TPSA) is 21.3 Å². The van der Waals surface area contributed by atoms with Crippen LogP contribution in [-0.4, -0.2) is 19.4 Å². The fourth-order valence-corrected chi connectivity index (χ4v) is 4.35. The summed E-state index contributed by atoms with van der Waals surface area (Å²) in [7, 11) is 3.79. The van der Waals surface area contributed by atoms with Crippen LogP contribution in [0.3, 0.4) is 0 Å². The highest BCUT2D eigenvalue weighted by Gasteiger charge is 2.29. The minimum atomic E-state index is 0.393. The maximum absolute atomic E-state index is 5.35. The number of aryl methyl sites for hydroxylation is 1. The molecule has 21 heavy (non-hydrogen) atoms. The molecular weight excluding hydrogens is 278 g/mol. The van der Waals surface area contributed by atoms with Crippen molar-refractivity contribution < 1.29 is 4.74 Å². The van der Waals surface area contributed by atoms with Gasteiger partial charge in [0.05, 0.1) is 7.11 Å². The van der Waals surface area contributed by atoms with E-state index < -0.39 is 0 Å². The summed E-state index contributed by atoms with van der Waals surface area (Å²) < 4.78 is 5.35. The lowest BCUT2D eigenvalue weighted by Crippen LogP contribution is -2.32. The molecule has 110 valence electrons. The second-order valence-electron chi connectivity index (χ2n) is 5.34. The minimum Gasteiger partial charge on any atom is -0.497 e. The summed E-state index contributed by atoms with van der Waals surface area (Å²) in [5, 5.41) is 4.07. The third-order valence-corrected chi connectivity index (χ3v) is 5.45. The first-order valence-electron chi connectivity index (χ1n) is 7.37. The Kier molecular flexibility index (Phi) is 4.51. The Labute approximate surface area is 130 Å². The molecule has 0 heterocycles. The van der Waals surface area contributed by atoms with Gasteiger partial charge >= 0.3 is 0 Å².